The Hall–Kier alpha value is -0.700. The van der Waals surface area contributed by atoms with Crippen LogP contribution in [0.2, 0.25) is 0 Å². The van der Waals surface area contributed by atoms with Crippen molar-refractivity contribution >= 4 is 15.9 Å². The highest BCUT2D eigenvalue weighted by Crippen LogP contribution is 2.17. The summed E-state index contributed by atoms with van der Waals surface area (Å²) in [7, 11) is 0. The summed E-state index contributed by atoms with van der Waals surface area (Å²) in [6, 6.07) is 9.64. The van der Waals surface area contributed by atoms with E-state index in [0.717, 1.165) is 5.56 Å². The van der Waals surface area contributed by atoms with Crippen molar-refractivity contribution in [1.82, 2.24) is 0 Å². The molecule has 0 aromatic heterocycles. The van der Waals surface area contributed by atoms with E-state index in [2.05, 4.69) is 15.9 Å². The molecule has 0 aliphatic rings. The van der Waals surface area contributed by atoms with Crippen LogP contribution in [0, 0.1) is 0 Å². The fraction of sp³-hybridized carbons (Fsp3) is 0.273. The van der Waals surface area contributed by atoms with Gasteiger partial charge in [-0.1, -0.05) is 46.3 Å². The third-order valence-corrected chi connectivity index (χ3v) is 2.66. The smallest absolute Gasteiger partial charge is 0.173 e. The summed E-state index contributed by atoms with van der Waals surface area (Å²) < 4.78 is 24.5. The maximum atomic E-state index is 12.3. The number of halogens is 3. The molecule has 1 aromatic rings. The molecule has 0 saturated heterocycles. The molecule has 0 unspecified atom stereocenters. The summed E-state index contributed by atoms with van der Waals surface area (Å²) in [4.78, 5) is 0. The van der Waals surface area contributed by atoms with Gasteiger partial charge in [-0.05, 0) is 18.4 Å². The number of hydrogen-bond acceptors (Lipinski definition) is 0. The summed E-state index contributed by atoms with van der Waals surface area (Å²) in [6.07, 6.45) is -0.478. The van der Waals surface area contributed by atoms with E-state index < -0.39 is 6.08 Å². The molecule has 0 N–H and O–H groups in total. The third-order valence-electron chi connectivity index (χ3n) is 1.99. The zero-order valence-corrected chi connectivity index (χ0v) is 9.23. The highest BCUT2D eigenvalue weighted by molar-refractivity contribution is 9.09. The van der Waals surface area contributed by atoms with Crippen molar-refractivity contribution in [2.24, 2.45) is 0 Å². The van der Waals surface area contributed by atoms with E-state index in [4.69, 9.17) is 0 Å². The molecular formula is C11H11BrF2. The first-order chi connectivity index (χ1) is 6.74. The van der Waals surface area contributed by atoms with Gasteiger partial charge in [0, 0.05) is 10.9 Å². The van der Waals surface area contributed by atoms with Gasteiger partial charge in [-0.15, -0.1) is 0 Å². The zero-order chi connectivity index (χ0) is 10.4. The highest BCUT2D eigenvalue weighted by atomic mass is 79.9. The molecule has 0 aliphatic heterocycles. The van der Waals surface area contributed by atoms with Crippen LogP contribution in [0.15, 0.2) is 42.0 Å². The second-order valence-electron chi connectivity index (χ2n) is 2.98. The maximum Gasteiger partial charge on any atom is 0.270 e. The van der Waals surface area contributed by atoms with Crippen LogP contribution in [0.5, 0.6) is 0 Å². The fourth-order valence-corrected chi connectivity index (χ4v) is 1.64. The van der Waals surface area contributed by atoms with Crippen molar-refractivity contribution in [3.05, 3.63) is 47.5 Å². The Morgan fingerprint density at radius 1 is 1.14 bits per heavy atom. The van der Waals surface area contributed by atoms with Gasteiger partial charge in [0.2, 0.25) is 0 Å². The van der Waals surface area contributed by atoms with Crippen LogP contribution >= 0.6 is 15.9 Å². The van der Waals surface area contributed by atoms with Crippen molar-refractivity contribution < 1.29 is 8.78 Å². The topological polar surface area (TPSA) is 0 Å². The number of alkyl halides is 1. The van der Waals surface area contributed by atoms with Crippen LogP contribution in [-0.4, -0.2) is 5.33 Å². The Labute approximate surface area is 90.8 Å². The highest BCUT2D eigenvalue weighted by Gasteiger charge is 2.04. The number of aryl methyl sites for hydroxylation is 1. The first-order valence-electron chi connectivity index (χ1n) is 4.37. The molecule has 76 valence electrons. The molecular weight excluding hydrogens is 250 g/mol. The minimum Gasteiger partial charge on any atom is -0.173 e. The summed E-state index contributed by atoms with van der Waals surface area (Å²) >= 11 is 3.05. The predicted molar refractivity (Wildman–Crippen MR) is 57.8 cm³/mol. The molecule has 1 rings (SSSR count). The number of allylic oxidation sites excluding steroid dienone is 1. The Bertz CT molecular complexity index is 302. The first kappa shape index (κ1) is 11.4. The number of benzene rings is 1. The molecule has 0 spiro atoms. The molecule has 0 atom stereocenters. The van der Waals surface area contributed by atoms with Gasteiger partial charge < -0.3 is 0 Å². The van der Waals surface area contributed by atoms with Gasteiger partial charge in [0.25, 0.3) is 6.08 Å². The molecule has 0 aliphatic carbocycles. The zero-order valence-electron chi connectivity index (χ0n) is 7.64. The molecule has 3 heteroatoms. The number of rotatable bonds is 4. The summed E-state index contributed by atoms with van der Waals surface area (Å²) in [5.74, 6) is 0. The van der Waals surface area contributed by atoms with E-state index in [1.165, 1.54) is 0 Å². The van der Waals surface area contributed by atoms with Gasteiger partial charge in [-0.25, -0.2) is 0 Å². The van der Waals surface area contributed by atoms with Gasteiger partial charge in [-0.3, -0.25) is 0 Å². The average Bonchev–Trinajstić information content (AvgIpc) is 2.20. The molecule has 0 bridgehead atoms. The second-order valence-corrected chi connectivity index (χ2v) is 3.54. The van der Waals surface area contributed by atoms with E-state index in [9.17, 15) is 8.78 Å². The van der Waals surface area contributed by atoms with Crippen LogP contribution in [-0.2, 0) is 6.42 Å². The standard InChI is InChI=1S/C11H11BrF2/c12-8-10(11(13)14)7-6-9-4-2-1-3-5-9/h1-5H,6-8H2. The lowest BCUT2D eigenvalue weighted by atomic mass is 10.1. The van der Waals surface area contributed by atoms with Crippen molar-refractivity contribution in [3.8, 4) is 0 Å². The van der Waals surface area contributed by atoms with Crippen molar-refractivity contribution in [3.63, 3.8) is 0 Å². The molecule has 1 aromatic carbocycles. The van der Waals surface area contributed by atoms with Crippen LogP contribution in [0.25, 0.3) is 0 Å². The van der Waals surface area contributed by atoms with Crippen LogP contribution in [0.4, 0.5) is 8.78 Å². The predicted octanol–water partition coefficient (Wildman–Crippen LogP) is 4.16. The normalized spacial score (nSPS) is 9.93. The first-order valence-corrected chi connectivity index (χ1v) is 5.49. The van der Waals surface area contributed by atoms with Gasteiger partial charge in [0.15, 0.2) is 0 Å². The van der Waals surface area contributed by atoms with E-state index >= 15 is 0 Å². The van der Waals surface area contributed by atoms with Crippen molar-refractivity contribution in [1.29, 1.82) is 0 Å². The van der Waals surface area contributed by atoms with E-state index in [1.807, 2.05) is 30.3 Å². The van der Waals surface area contributed by atoms with Crippen molar-refractivity contribution in [2.75, 3.05) is 5.33 Å². The van der Waals surface area contributed by atoms with Gasteiger partial charge in [-0.2, -0.15) is 8.78 Å². The Kier molecular flexibility index (Phi) is 4.80. The van der Waals surface area contributed by atoms with Crippen LogP contribution in [0.3, 0.4) is 0 Å². The van der Waals surface area contributed by atoms with Crippen LogP contribution in [0.1, 0.15) is 12.0 Å². The average molecular weight is 261 g/mol. The minimum absolute atomic E-state index is 0.189. The second kappa shape index (κ2) is 5.91. The third kappa shape index (κ3) is 3.58. The lowest BCUT2D eigenvalue weighted by Crippen LogP contribution is -1.91. The van der Waals surface area contributed by atoms with Crippen LogP contribution < -0.4 is 0 Å². The van der Waals surface area contributed by atoms with Crippen molar-refractivity contribution in [2.45, 2.75) is 12.8 Å². The van der Waals surface area contributed by atoms with Gasteiger partial charge >= 0.3 is 0 Å². The summed E-state index contributed by atoms with van der Waals surface area (Å²) in [5.41, 5.74) is 1.28. The molecule has 0 amide bonds. The van der Waals surface area contributed by atoms with Gasteiger partial charge in [0.05, 0.1) is 0 Å². The number of hydrogen-bond donors (Lipinski definition) is 0. The largest absolute Gasteiger partial charge is 0.270 e. The molecule has 0 radical (unpaired) electrons. The SMILES string of the molecule is FC(F)=C(CBr)CCc1ccccc1. The molecule has 0 nitrogen and oxygen atoms in total. The minimum atomic E-state index is -1.56. The maximum absolute atomic E-state index is 12.3. The fourth-order valence-electron chi connectivity index (χ4n) is 1.15. The van der Waals surface area contributed by atoms with E-state index in [0.29, 0.717) is 12.8 Å². The molecule has 0 saturated carbocycles. The van der Waals surface area contributed by atoms with E-state index in [1.54, 1.807) is 0 Å². The van der Waals surface area contributed by atoms with E-state index in [-0.39, 0.29) is 10.9 Å². The Morgan fingerprint density at radius 3 is 2.29 bits per heavy atom. The monoisotopic (exact) mass is 260 g/mol. The van der Waals surface area contributed by atoms with Gasteiger partial charge in [0.1, 0.15) is 0 Å². The lowest BCUT2D eigenvalue weighted by molar-refractivity contribution is 0.408. The molecule has 0 fully saturated rings. The molecule has 14 heavy (non-hydrogen) atoms. The molecule has 0 heterocycles. The summed E-state index contributed by atoms with van der Waals surface area (Å²) in [6.45, 7) is 0. The Morgan fingerprint density at radius 2 is 1.79 bits per heavy atom. The summed E-state index contributed by atoms with van der Waals surface area (Å²) in [5, 5.41) is 0.252. The quantitative estimate of drug-likeness (QED) is 0.714. The Balaban J connectivity index is 2.53. The lowest BCUT2D eigenvalue weighted by Gasteiger charge is -2.02.